The average Bonchev–Trinajstić information content (AvgIpc) is 2.43. The summed E-state index contributed by atoms with van der Waals surface area (Å²) in [5.74, 6) is -0.268. The van der Waals surface area contributed by atoms with Crippen LogP contribution in [0.4, 0.5) is 4.39 Å². The van der Waals surface area contributed by atoms with Gasteiger partial charge in [-0.25, -0.2) is 4.39 Å². The summed E-state index contributed by atoms with van der Waals surface area (Å²) >= 11 is 0. The number of hydrogen-bond acceptors (Lipinski definition) is 3. The number of rotatable bonds is 4. The summed E-state index contributed by atoms with van der Waals surface area (Å²) < 4.78 is 13.8. The second kappa shape index (κ2) is 6.65. The Kier molecular flexibility index (Phi) is 4.89. The number of nitrogens with zero attached hydrogens (tertiary/aromatic N) is 3. The molecular weight excluding hydrogens is 241 g/mol. The van der Waals surface area contributed by atoms with E-state index in [-0.39, 0.29) is 5.82 Å². The van der Waals surface area contributed by atoms with E-state index in [0.717, 1.165) is 32.7 Å². The lowest BCUT2D eigenvalue weighted by Gasteiger charge is -2.34. The van der Waals surface area contributed by atoms with E-state index in [1.165, 1.54) is 12.5 Å². The van der Waals surface area contributed by atoms with Gasteiger partial charge in [-0.2, -0.15) is 5.26 Å². The van der Waals surface area contributed by atoms with E-state index in [9.17, 15) is 4.39 Å². The standard InChI is InChI=1S/C15H20FN3/c1-2-5-18-6-8-19(9-7-18)12-14-4-3-13(11-17)10-15(14)16/h3-4,10H,2,5-9,12H2,1H3. The summed E-state index contributed by atoms with van der Waals surface area (Å²) in [6, 6.07) is 6.70. The lowest BCUT2D eigenvalue weighted by atomic mass is 10.1. The molecule has 1 aromatic carbocycles. The molecule has 0 aromatic heterocycles. The van der Waals surface area contributed by atoms with Gasteiger partial charge in [0, 0.05) is 38.3 Å². The molecule has 4 heteroatoms. The summed E-state index contributed by atoms with van der Waals surface area (Å²) in [4.78, 5) is 4.72. The number of halogens is 1. The van der Waals surface area contributed by atoms with E-state index in [4.69, 9.17) is 5.26 Å². The van der Waals surface area contributed by atoms with Gasteiger partial charge in [-0.05, 0) is 25.1 Å². The van der Waals surface area contributed by atoms with Crippen molar-refractivity contribution in [2.75, 3.05) is 32.7 Å². The van der Waals surface area contributed by atoms with Crippen LogP contribution in [0.25, 0.3) is 0 Å². The summed E-state index contributed by atoms with van der Waals surface area (Å²) in [5, 5.41) is 8.72. The van der Waals surface area contributed by atoms with Gasteiger partial charge in [-0.3, -0.25) is 4.90 Å². The second-order valence-electron chi connectivity index (χ2n) is 5.04. The summed E-state index contributed by atoms with van der Waals surface area (Å²) in [6.45, 7) is 8.07. The lowest BCUT2D eigenvalue weighted by Crippen LogP contribution is -2.46. The molecule has 19 heavy (non-hydrogen) atoms. The van der Waals surface area contributed by atoms with Gasteiger partial charge in [0.25, 0.3) is 0 Å². The van der Waals surface area contributed by atoms with Gasteiger partial charge in [0.1, 0.15) is 5.82 Å². The van der Waals surface area contributed by atoms with Crippen molar-refractivity contribution in [2.24, 2.45) is 0 Å². The SMILES string of the molecule is CCCN1CCN(Cc2ccc(C#N)cc2F)CC1. The van der Waals surface area contributed by atoms with Crippen LogP contribution in [-0.4, -0.2) is 42.5 Å². The zero-order valence-electron chi connectivity index (χ0n) is 11.4. The number of piperazine rings is 1. The van der Waals surface area contributed by atoms with Gasteiger partial charge in [0.05, 0.1) is 11.6 Å². The highest BCUT2D eigenvalue weighted by molar-refractivity contribution is 5.32. The monoisotopic (exact) mass is 261 g/mol. The Morgan fingerprint density at radius 2 is 1.89 bits per heavy atom. The molecule has 0 amide bonds. The molecule has 1 heterocycles. The Hall–Kier alpha value is -1.44. The van der Waals surface area contributed by atoms with Crippen molar-refractivity contribution in [1.29, 1.82) is 5.26 Å². The van der Waals surface area contributed by atoms with Gasteiger partial charge in [0.2, 0.25) is 0 Å². The van der Waals surface area contributed by atoms with Crippen molar-refractivity contribution in [2.45, 2.75) is 19.9 Å². The largest absolute Gasteiger partial charge is 0.301 e. The van der Waals surface area contributed by atoms with Crippen molar-refractivity contribution in [3.05, 3.63) is 35.1 Å². The van der Waals surface area contributed by atoms with Crippen molar-refractivity contribution < 1.29 is 4.39 Å². The maximum absolute atomic E-state index is 13.8. The first-order valence-corrected chi connectivity index (χ1v) is 6.86. The summed E-state index contributed by atoms with van der Waals surface area (Å²) in [6.07, 6.45) is 1.18. The van der Waals surface area contributed by atoms with E-state index >= 15 is 0 Å². The number of hydrogen-bond donors (Lipinski definition) is 0. The molecule has 0 N–H and O–H groups in total. The Balaban J connectivity index is 1.91. The molecule has 1 aromatic rings. The van der Waals surface area contributed by atoms with Crippen LogP contribution in [0.3, 0.4) is 0 Å². The van der Waals surface area contributed by atoms with Gasteiger partial charge < -0.3 is 4.90 Å². The highest BCUT2D eigenvalue weighted by Gasteiger charge is 2.17. The highest BCUT2D eigenvalue weighted by Crippen LogP contribution is 2.14. The quantitative estimate of drug-likeness (QED) is 0.832. The van der Waals surface area contributed by atoms with Crippen LogP contribution in [-0.2, 0) is 6.54 Å². The van der Waals surface area contributed by atoms with E-state index < -0.39 is 0 Å². The van der Waals surface area contributed by atoms with Crippen molar-refractivity contribution in [3.8, 4) is 6.07 Å². The smallest absolute Gasteiger partial charge is 0.129 e. The third-order valence-corrected chi connectivity index (χ3v) is 3.58. The molecule has 1 aliphatic rings. The second-order valence-corrected chi connectivity index (χ2v) is 5.04. The Morgan fingerprint density at radius 1 is 1.21 bits per heavy atom. The molecule has 102 valence electrons. The van der Waals surface area contributed by atoms with Crippen molar-refractivity contribution in [1.82, 2.24) is 9.80 Å². The molecule has 0 radical (unpaired) electrons. The zero-order chi connectivity index (χ0) is 13.7. The first kappa shape index (κ1) is 14.0. The maximum atomic E-state index is 13.8. The van der Waals surface area contributed by atoms with Gasteiger partial charge >= 0.3 is 0 Å². The highest BCUT2D eigenvalue weighted by atomic mass is 19.1. The fourth-order valence-corrected chi connectivity index (χ4v) is 2.47. The molecule has 2 rings (SSSR count). The molecule has 1 fully saturated rings. The minimum absolute atomic E-state index is 0.268. The first-order chi connectivity index (χ1) is 9.22. The van der Waals surface area contributed by atoms with Crippen LogP contribution in [0.2, 0.25) is 0 Å². The molecule has 0 bridgehead atoms. The van der Waals surface area contributed by atoms with Crippen LogP contribution in [0.5, 0.6) is 0 Å². The third kappa shape index (κ3) is 3.76. The van der Waals surface area contributed by atoms with E-state index in [2.05, 4.69) is 16.7 Å². The van der Waals surface area contributed by atoms with Crippen LogP contribution in [0.15, 0.2) is 18.2 Å². The zero-order valence-corrected chi connectivity index (χ0v) is 11.4. The Labute approximate surface area is 114 Å². The third-order valence-electron chi connectivity index (χ3n) is 3.58. The van der Waals surface area contributed by atoms with Crippen LogP contribution in [0, 0.1) is 17.1 Å². The summed E-state index contributed by atoms with van der Waals surface area (Å²) in [7, 11) is 0. The van der Waals surface area contributed by atoms with E-state index in [1.807, 2.05) is 6.07 Å². The minimum atomic E-state index is -0.268. The number of benzene rings is 1. The lowest BCUT2D eigenvalue weighted by molar-refractivity contribution is 0.126. The van der Waals surface area contributed by atoms with Crippen molar-refractivity contribution in [3.63, 3.8) is 0 Å². The van der Waals surface area contributed by atoms with E-state index in [0.29, 0.717) is 17.7 Å². The molecular formula is C15H20FN3. The van der Waals surface area contributed by atoms with Crippen LogP contribution in [0.1, 0.15) is 24.5 Å². The predicted octanol–water partition coefficient (Wildman–Crippen LogP) is 2.22. The number of nitriles is 1. The van der Waals surface area contributed by atoms with Crippen LogP contribution < -0.4 is 0 Å². The van der Waals surface area contributed by atoms with Gasteiger partial charge in [0.15, 0.2) is 0 Å². The topological polar surface area (TPSA) is 30.3 Å². The Morgan fingerprint density at radius 3 is 2.47 bits per heavy atom. The molecule has 1 saturated heterocycles. The average molecular weight is 261 g/mol. The fourth-order valence-electron chi connectivity index (χ4n) is 2.47. The normalized spacial score (nSPS) is 17.3. The molecule has 1 aliphatic heterocycles. The maximum Gasteiger partial charge on any atom is 0.129 e. The molecule has 0 unspecified atom stereocenters. The van der Waals surface area contributed by atoms with Crippen molar-refractivity contribution >= 4 is 0 Å². The first-order valence-electron chi connectivity index (χ1n) is 6.86. The molecule has 0 saturated carbocycles. The van der Waals surface area contributed by atoms with E-state index in [1.54, 1.807) is 12.1 Å². The van der Waals surface area contributed by atoms with Gasteiger partial charge in [-0.1, -0.05) is 13.0 Å². The Bertz CT molecular complexity index is 459. The molecule has 0 atom stereocenters. The predicted molar refractivity (Wildman–Crippen MR) is 73.1 cm³/mol. The van der Waals surface area contributed by atoms with Crippen LogP contribution >= 0.6 is 0 Å². The summed E-state index contributed by atoms with van der Waals surface area (Å²) in [5.41, 5.74) is 1.07. The fraction of sp³-hybridized carbons (Fsp3) is 0.533. The molecule has 3 nitrogen and oxygen atoms in total. The molecule has 0 spiro atoms. The molecule has 0 aliphatic carbocycles. The van der Waals surface area contributed by atoms with Gasteiger partial charge in [-0.15, -0.1) is 0 Å². The minimum Gasteiger partial charge on any atom is -0.301 e.